The molecule has 0 aromatic carbocycles. The van der Waals surface area contributed by atoms with Crippen LogP contribution in [0.5, 0.6) is 0 Å². The molecule has 0 amide bonds. The molecule has 0 fully saturated rings. The monoisotopic (exact) mass is 262 g/mol. The summed E-state index contributed by atoms with van der Waals surface area (Å²) in [6, 6.07) is 0. The fourth-order valence-corrected chi connectivity index (χ4v) is 1.94. The highest BCUT2D eigenvalue weighted by atomic mass is 32.2. The van der Waals surface area contributed by atoms with Crippen LogP contribution >= 0.6 is 0 Å². The average molecular weight is 262 g/mol. The molecule has 6 heteroatoms. The van der Waals surface area contributed by atoms with Crippen molar-refractivity contribution in [2.45, 2.75) is 39.5 Å². The number of rotatable bonds is 5. The van der Waals surface area contributed by atoms with E-state index in [1.807, 2.05) is 0 Å². The third-order valence-electron chi connectivity index (χ3n) is 1.87. The molecule has 0 saturated carbocycles. The van der Waals surface area contributed by atoms with Gasteiger partial charge in [0.1, 0.15) is 0 Å². The Labute approximate surface area is 98.4 Å². The molecule has 0 heterocycles. The molecular weight excluding hydrogens is 248 g/mol. The van der Waals surface area contributed by atoms with Gasteiger partial charge in [-0.05, 0) is 50.7 Å². The third kappa shape index (κ3) is 9.49. The summed E-state index contributed by atoms with van der Waals surface area (Å²) in [5.74, 6) is 0. The maximum absolute atomic E-state index is 10.3. The van der Waals surface area contributed by atoms with E-state index < -0.39 is 20.6 Å². The lowest BCUT2D eigenvalue weighted by Gasteiger charge is -1.97. The normalized spacial score (nSPS) is 8.88. The second kappa shape index (κ2) is 8.13. The highest BCUT2D eigenvalue weighted by Crippen LogP contribution is 2.08. The van der Waals surface area contributed by atoms with Gasteiger partial charge in [0, 0.05) is 10.0 Å². The van der Waals surface area contributed by atoms with Crippen molar-refractivity contribution in [1.29, 1.82) is 0 Å². The predicted octanol–water partition coefficient (Wildman–Crippen LogP) is 1.000. The zero-order chi connectivity index (χ0) is 12.6. The molecule has 0 spiro atoms. The maximum atomic E-state index is 10.3. The Bertz CT molecular complexity index is 496. The van der Waals surface area contributed by atoms with Crippen molar-refractivity contribution in [3.63, 3.8) is 0 Å². The Hall–Kier alpha value is -1.06. The molecule has 4 nitrogen and oxygen atoms in total. The Balaban J connectivity index is 4.15. The van der Waals surface area contributed by atoms with Gasteiger partial charge in [0.15, 0.2) is 0 Å². The molecule has 0 atom stereocenters. The quantitative estimate of drug-likeness (QED) is 0.547. The third-order valence-corrected chi connectivity index (χ3v) is 2.90. The van der Waals surface area contributed by atoms with Crippen LogP contribution in [-0.4, -0.2) is 26.9 Å². The molecule has 0 aromatic rings. The summed E-state index contributed by atoms with van der Waals surface area (Å²) in [6.45, 7) is 3.41. The molecular formula is C10H14O4S2. The first-order valence-electron chi connectivity index (χ1n) is 4.78. The van der Waals surface area contributed by atoms with Gasteiger partial charge in [0.05, 0.1) is 0 Å². The van der Waals surface area contributed by atoms with Crippen molar-refractivity contribution < 1.29 is 16.8 Å². The molecule has 0 unspecified atom stereocenters. The van der Waals surface area contributed by atoms with Crippen molar-refractivity contribution in [1.82, 2.24) is 0 Å². The van der Waals surface area contributed by atoms with E-state index in [2.05, 4.69) is 10.0 Å². The molecule has 90 valence electrons. The Morgan fingerprint density at radius 3 is 1.38 bits per heavy atom. The smallest absolute Gasteiger partial charge is 0.176 e. The van der Waals surface area contributed by atoms with Crippen molar-refractivity contribution in [3.8, 4) is 0 Å². The largest absolute Gasteiger partial charge is 0.260 e. The summed E-state index contributed by atoms with van der Waals surface area (Å²) in [5.41, 5.74) is 1.37. The standard InChI is InChI=1S/C10H14O4S2/c1-9(7-15(11)12)5-3-4-6-10(2)8-16(13)14/h3-6H2,1-2H3. The first kappa shape index (κ1) is 14.9. The van der Waals surface area contributed by atoms with Gasteiger partial charge >= 0.3 is 0 Å². The predicted molar refractivity (Wildman–Crippen MR) is 64.7 cm³/mol. The molecule has 0 N–H and O–H groups in total. The van der Waals surface area contributed by atoms with E-state index in [-0.39, 0.29) is 0 Å². The van der Waals surface area contributed by atoms with Gasteiger partial charge in [0.2, 0.25) is 0 Å². The lowest BCUT2D eigenvalue weighted by molar-refractivity contribution is 0.626. The van der Waals surface area contributed by atoms with Gasteiger partial charge in [-0.15, -0.1) is 0 Å². The van der Waals surface area contributed by atoms with Crippen LogP contribution in [0.3, 0.4) is 0 Å². The van der Waals surface area contributed by atoms with Gasteiger partial charge in [-0.3, -0.25) is 0 Å². The van der Waals surface area contributed by atoms with Crippen LogP contribution in [0.2, 0.25) is 0 Å². The molecule has 0 saturated heterocycles. The molecule has 16 heavy (non-hydrogen) atoms. The Morgan fingerprint density at radius 1 is 0.812 bits per heavy atom. The van der Waals surface area contributed by atoms with Crippen molar-refractivity contribution in [3.05, 3.63) is 11.1 Å². The average Bonchev–Trinajstić information content (AvgIpc) is 2.10. The summed E-state index contributed by atoms with van der Waals surface area (Å²) in [5, 5.41) is 4.55. The number of unbranched alkanes of at least 4 members (excludes halogenated alkanes) is 1. The SMILES string of the molecule is CC(=C=S(=O)=O)CCCCC(C)=C=S(=O)=O. The topological polar surface area (TPSA) is 68.3 Å². The summed E-state index contributed by atoms with van der Waals surface area (Å²) in [6.07, 6.45) is 2.92. The molecule has 0 aliphatic carbocycles. The highest BCUT2D eigenvalue weighted by molar-refractivity contribution is 7.71. The van der Waals surface area contributed by atoms with Crippen LogP contribution in [-0.2, 0) is 20.6 Å². The number of hydrogen-bond acceptors (Lipinski definition) is 4. The van der Waals surface area contributed by atoms with Crippen molar-refractivity contribution >= 4 is 30.6 Å². The molecule has 0 rings (SSSR count). The van der Waals surface area contributed by atoms with E-state index in [1.54, 1.807) is 13.8 Å². The van der Waals surface area contributed by atoms with E-state index in [1.165, 1.54) is 0 Å². The number of hydrogen-bond donors (Lipinski definition) is 0. The van der Waals surface area contributed by atoms with Gasteiger partial charge < -0.3 is 0 Å². The van der Waals surface area contributed by atoms with Gasteiger partial charge in [0.25, 0.3) is 20.6 Å². The van der Waals surface area contributed by atoms with E-state index in [4.69, 9.17) is 0 Å². The summed E-state index contributed by atoms with van der Waals surface area (Å²) < 4.78 is 41.0. The zero-order valence-corrected chi connectivity index (χ0v) is 10.9. The lowest BCUT2D eigenvalue weighted by Crippen LogP contribution is -1.83. The fourth-order valence-electron chi connectivity index (χ4n) is 1.17. The summed E-state index contributed by atoms with van der Waals surface area (Å²) in [7, 11) is -4.51. The Morgan fingerprint density at radius 2 is 1.12 bits per heavy atom. The molecule has 0 bridgehead atoms. The minimum absolute atomic E-state index is 0.654. The van der Waals surface area contributed by atoms with Gasteiger partial charge in [-0.25, -0.2) is 0 Å². The fraction of sp³-hybridized carbons (Fsp3) is 0.600. The van der Waals surface area contributed by atoms with Crippen molar-refractivity contribution in [2.75, 3.05) is 0 Å². The van der Waals surface area contributed by atoms with Crippen LogP contribution in [0.15, 0.2) is 11.1 Å². The minimum atomic E-state index is -2.25. The summed E-state index contributed by atoms with van der Waals surface area (Å²) in [4.78, 5) is 0. The minimum Gasteiger partial charge on any atom is -0.176 e. The molecule has 0 aromatic heterocycles. The van der Waals surface area contributed by atoms with Crippen LogP contribution in [0.1, 0.15) is 39.5 Å². The van der Waals surface area contributed by atoms with Crippen molar-refractivity contribution in [2.24, 2.45) is 0 Å². The van der Waals surface area contributed by atoms with Gasteiger partial charge in [-0.1, -0.05) is 0 Å². The number of allylic oxidation sites excluding steroid dienone is 2. The van der Waals surface area contributed by atoms with Crippen LogP contribution in [0.4, 0.5) is 0 Å². The Kier molecular flexibility index (Phi) is 7.60. The van der Waals surface area contributed by atoms with Crippen LogP contribution < -0.4 is 0 Å². The molecule has 0 aliphatic rings. The molecule has 0 aliphatic heterocycles. The van der Waals surface area contributed by atoms with E-state index in [0.717, 1.165) is 12.8 Å². The lowest BCUT2D eigenvalue weighted by atomic mass is 10.1. The van der Waals surface area contributed by atoms with Crippen LogP contribution in [0.25, 0.3) is 0 Å². The second-order valence-electron chi connectivity index (χ2n) is 3.44. The maximum Gasteiger partial charge on any atom is 0.260 e. The van der Waals surface area contributed by atoms with E-state index in [0.29, 0.717) is 24.0 Å². The summed E-state index contributed by atoms with van der Waals surface area (Å²) >= 11 is 0. The van der Waals surface area contributed by atoms with Gasteiger partial charge in [-0.2, -0.15) is 16.8 Å². The first-order valence-corrected chi connectivity index (χ1v) is 6.93. The highest BCUT2D eigenvalue weighted by Gasteiger charge is 1.93. The molecule has 0 radical (unpaired) electrons. The second-order valence-corrected chi connectivity index (χ2v) is 4.79. The van der Waals surface area contributed by atoms with E-state index in [9.17, 15) is 16.8 Å². The van der Waals surface area contributed by atoms with E-state index >= 15 is 0 Å². The first-order chi connectivity index (χ1) is 7.41. The zero-order valence-electron chi connectivity index (χ0n) is 9.28. The van der Waals surface area contributed by atoms with Crippen LogP contribution in [0, 0.1) is 0 Å².